The van der Waals surface area contributed by atoms with Gasteiger partial charge in [-0.15, -0.1) is 0 Å². The number of nitro groups is 1. The molecule has 1 aliphatic heterocycles. The van der Waals surface area contributed by atoms with Gasteiger partial charge in [0, 0.05) is 40.5 Å². The Morgan fingerprint density at radius 3 is 2.58 bits per heavy atom. The fraction of sp³-hybridized carbons (Fsp3) is 0.107. The average Bonchev–Trinajstić information content (AvgIpc) is 3.37. The van der Waals surface area contributed by atoms with Crippen molar-refractivity contribution in [1.29, 1.82) is 0 Å². The van der Waals surface area contributed by atoms with E-state index in [4.69, 9.17) is 0 Å². The number of thioether (sulfide) groups is 1. The number of hydrogen-bond acceptors (Lipinski definition) is 6. The first-order chi connectivity index (χ1) is 18.3. The number of benzene rings is 3. The van der Waals surface area contributed by atoms with Gasteiger partial charge in [0.15, 0.2) is 0 Å². The molecule has 190 valence electrons. The number of para-hydroxylation sites is 1. The normalized spacial score (nSPS) is 14.4. The summed E-state index contributed by atoms with van der Waals surface area (Å²) in [4.78, 5) is 50.4. The van der Waals surface area contributed by atoms with Gasteiger partial charge < -0.3 is 9.88 Å². The number of nitrogens with zero attached hydrogens (tertiary/aromatic N) is 3. The van der Waals surface area contributed by atoms with E-state index in [0.717, 1.165) is 33.1 Å². The van der Waals surface area contributed by atoms with Crippen molar-refractivity contribution in [3.8, 4) is 0 Å². The maximum atomic E-state index is 13.1. The van der Waals surface area contributed by atoms with E-state index >= 15 is 0 Å². The van der Waals surface area contributed by atoms with Crippen LogP contribution < -0.4 is 5.32 Å². The van der Waals surface area contributed by atoms with E-state index in [9.17, 15) is 24.5 Å². The lowest BCUT2D eigenvalue weighted by Gasteiger charge is -2.12. The van der Waals surface area contributed by atoms with Crippen molar-refractivity contribution in [3.63, 3.8) is 0 Å². The lowest BCUT2D eigenvalue weighted by atomic mass is 10.1. The molecule has 4 aromatic rings. The number of nitro benzene ring substituents is 1. The molecule has 3 aromatic carbocycles. The van der Waals surface area contributed by atoms with Gasteiger partial charge in [0.1, 0.15) is 6.54 Å². The molecule has 9 nitrogen and oxygen atoms in total. The fourth-order valence-corrected chi connectivity index (χ4v) is 5.07. The fourth-order valence-electron chi connectivity index (χ4n) is 4.24. The lowest BCUT2D eigenvalue weighted by Crippen LogP contribution is -2.27. The van der Waals surface area contributed by atoms with Crippen molar-refractivity contribution >= 4 is 57.2 Å². The number of fused-ring (bicyclic) bond motifs is 1. The van der Waals surface area contributed by atoms with Gasteiger partial charge in [-0.2, -0.15) is 0 Å². The van der Waals surface area contributed by atoms with Crippen LogP contribution in [0.3, 0.4) is 0 Å². The summed E-state index contributed by atoms with van der Waals surface area (Å²) >= 11 is 0.817. The molecule has 38 heavy (non-hydrogen) atoms. The summed E-state index contributed by atoms with van der Waals surface area (Å²) in [6, 6.07) is 20.9. The topological polar surface area (TPSA) is 115 Å². The number of hydrogen-bond donors (Lipinski definition) is 1. The third kappa shape index (κ3) is 5.21. The van der Waals surface area contributed by atoms with E-state index in [2.05, 4.69) is 5.32 Å². The van der Waals surface area contributed by atoms with Gasteiger partial charge in [-0.1, -0.05) is 48.0 Å². The number of imide groups is 1. The van der Waals surface area contributed by atoms with E-state index in [1.807, 2.05) is 55.5 Å². The van der Waals surface area contributed by atoms with E-state index < -0.39 is 16.1 Å². The van der Waals surface area contributed by atoms with Crippen LogP contribution in [0.2, 0.25) is 0 Å². The van der Waals surface area contributed by atoms with E-state index in [0.29, 0.717) is 16.8 Å². The van der Waals surface area contributed by atoms with Crippen LogP contribution in [0.25, 0.3) is 17.0 Å². The molecule has 10 heteroatoms. The molecule has 1 aromatic heterocycles. The van der Waals surface area contributed by atoms with Crippen LogP contribution in [-0.4, -0.2) is 31.4 Å². The van der Waals surface area contributed by atoms with Crippen LogP contribution in [0.1, 0.15) is 16.7 Å². The largest absolute Gasteiger partial charge is 0.337 e. The highest BCUT2D eigenvalue weighted by atomic mass is 32.2. The van der Waals surface area contributed by atoms with Gasteiger partial charge in [0.05, 0.1) is 16.4 Å². The predicted octanol–water partition coefficient (Wildman–Crippen LogP) is 5.73. The monoisotopic (exact) mass is 526 g/mol. The zero-order chi connectivity index (χ0) is 26.8. The summed E-state index contributed by atoms with van der Waals surface area (Å²) in [5.74, 6) is -0.668. The molecule has 0 spiro atoms. The second kappa shape index (κ2) is 10.3. The van der Waals surface area contributed by atoms with Crippen molar-refractivity contribution < 1.29 is 19.3 Å². The molecule has 0 atom stereocenters. The second-order valence-corrected chi connectivity index (χ2v) is 9.83. The number of aromatic nitrogens is 1. The zero-order valence-corrected chi connectivity index (χ0v) is 21.1. The van der Waals surface area contributed by atoms with Crippen LogP contribution in [-0.2, 0) is 22.7 Å². The zero-order valence-electron chi connectivity index (χ0n) is 20.3. The van der Waals surface area contributed by atoms with Crippen LogP contribution in [0.5, 0.6) is 0 Å². The summed E-state index contributed by atoms with van der Waals surface area (Å²) in [5.41, 5.74) is 3.69. The number of carbonyl (C=O) groups is 3. The molecule has 1 fully saturated rings. The molecule has 5 rings (SSSR count). The van der Waals surface area contributed by atoms with Crippen LogP contribution >= 0.6 is 11.8 Å². The SMILES string of the molecule is Cc1ccc(NC(=O)Cn2cc(/C=C3\SC(=O)N(Cc4cccc([N+](=O)[O-])c4)C3=O)c3ccccc32)cc1. The lowest BCUT2D eigenvalue weighted by molar-refractivity contribution is -0.384. The number of rotatable bonds is 7. The van der Waals surface area contributed by atoms with E-state index in [1.165, 1.54) is 18.2 Å². The number of amides is 3. The molecule has 0 radical (unpaired) electrons. The van der Waals surface area contributed by atoms with E-state index in [-0.39, 0.29) is 29.6 Å². The Morgan fingerprint density at radius 2 is 1.82 bits per heavy atom. The van der Waals surface area contributed by atoms with Crippen LogP contribution in [0, 0.1) is 17.0 Å². The highest BCUT2D eigenvalue weighted by Gasteiger charge is 2.35. The van der Waals surface area contributed by atoms with Gasteiger partial charge in [-0.05, 0) is 48.5 Å². The van der Waals surface area contributed by atoms with Crippen molar-refractivity contribution in [1.82, 2.24) is 9.47 Å². The molecule has 1 N–H and O–H groups in total. The second-order valence-electron chi connectivity index (χ2n) is 8.84. The molecule has 0 aliphatic carbocycles. The third-order valence-corrected chi connectivity index (χ3v) is 7.00. The van der Waals surface area contributed by atoms with Crippen molar-refractivity contribution in [2.45, 2.75) is 20.0 Å². The Bertz CT molecular complexity index is 1620. The number of aryl methyl sites for hydroxylation is 1. The molecule has 1 aliphatic rings. The minimum atomic E-state index is -0.520. The molecule has 2 heterocycles. The van der Waals surface area contributed by atoms with Gasteiger partial charge in [0.2, 0.25) is 5.91 Å². The molecule has 0 saturated carbocycles. The molecule has 0 unspecified atom stereocenters. The summed E-state index contributed by atoms with van der Waals surface area (Å²) in [7, 11) is 0. The van der Waals surface area contributed by atoms with Gasteiger partial charge in [-0.3, -0.25) is 29.4 Å². The molecule has 3 amide bonds. The predicted molar refractivity (Wildman–Crippen MR) is 146 cm³/mol. The van der Waals surface area contributed by atoms with Crippen LogP contribution in [0.4, 0.5) is 16.2 Å². The van der Waals surface area contributed by atoms with Crippen molar-refractivity contribution in [2.24, 2.45) is 0 Å². The third-order valence-electron chi connectivity index (χ3n) is 6.09. The Balaban J connectivity index is 1.38. The maximum Gasteiger partial charge on any atom is 0.293 e. The smallest absolute Gasteiger partial charge is 0.293 e. The molecular weight excluding hydrogens is 504 g/mol. The first-order valence-corrected chi connectivity index (χ1v) is 12.5. The minimum Gasteiger partial charge on any atom is -0.337 e. The van der Waals surface area contributed by atoms with E-state index in [1.54, 1.807) is 22.9 Å². The minimum absolute atomic E-state index is 0.0649. The summed E-state index contributed by atoms with van der Waals surface area (Å²) < 4.78 is 1.80. The van der Waals surface area contributed by atoms with Crippen molar-refractivity contribution in [3.05, 3.63) is 111 Å². The van der Waals surface area contributed by atoms with Gasteiger partial charge in [-0.25, -0.2) is 0 Å². The van der Waals surface area contributed by atoms with Gasteiger partial charge >= 0.3 is 0 Å². The quantitative estimate of drug-likeness (QED) is 0.187. The number of anilines is 1. The first kappa shape index (κ1) is 25.0. The van der Waals surface area contributed by atoms with Crippen molar-refractivity contribution in [2.75, 3.05) is 5.32 Å². The Kier molecular flexibility index (Phi) is 6.80. The number of nitrogens with one attached hydrogen (secondary N) is 1. The standard InChI is InChI=1S/C28H22N4O5S/c1-18-9-11-21(12-10-18)29-26(33)17-30-16-20(23-7-2-3-8-24(23)30)14-25-27(34)31(28(35)38-25)15-19-5-4-6-22(13-19)32(36)37/h2-14,16H,15,17H2,1H3,(H,29,33)/b25-14-. The molecular formula is C28H22N4O5S. The summed E-state index contributed by atoms with van der Waals surface area (Å²) in [6.45, 7) is 1.97. The maximum absolute atomic E-state index is 13.1. The van der Waals surface area contributed by atoms with Crippen LogP contribution in [0.15, 0.2) is 83.9 Å². The van der Waals surface area contributed by atoms with Gasteiger partial charge in [0.25, 0.3) is 16.8 Å². The number of non-ortho nitro benzene ring substituents is 1. The Labute approximate surface area is 221 Å². The summed E-state index contributed by atoms with van der Waals surface area (Å²) in [5, 5.41) is 14.3. The first-order valence-electron chi connectivity index (χ1n) is 11.7. The molecule has 0 bridgehead atoms. The highest BCUT2D eigenvalue weighted by molar-refractivity contribution is 8.18. The number of carbonyl (C=O) groups excluding carboxylic acids is 3. The Morgan fingerprint density at radius 1 is 1.05 bits per heavy atom. The summed E-state index contributed by atoms with van der Waals surface area (Å²) in [6.07, 6.45) is 3.43. The Hall–Kier alpha value is -4.70. The highest BCUT2D eigenvalue weighted by Crippen LogP contribution is 2.35. The molecule has 1 saturated heterocycles. The average molecular weight is 527 g/mol.